The number of carbonyl (C=O) groups excluding carboxylic acids is 1. The molecule has 0 aliphatic rings. The number of fused-ring (bicyclic) bond motifs is 1. The van der Waals surface area contributed by atoms with Crippen LogP contribution in [-0.4, -0.2) is 18.6 Å². The van der Waals surface area contributed by atoms with Gasteiger partial charge in [-0.05, 0) is 25.5 Å². The number of nitrogens with two attached hydrogens (primary N) is 1. The second-order valence-corrected chi connectivity index (χ2v) is 5.49. The Balaban J connectivity index is 2.47. The fraction of sp³-hybridized carbons (Fsp3) is 0.412. The summed E-state index contributed by atoms with van der Waals surface area (Å²) < 4.78 is 24.6. The second-order valence-electron chi connectivity index (χ2n) is 5.49. The van der Waals surface area contributed by atoms with Crippen molar-refractivity contribution in [3.05, 3.63) is 35.3 Å². The van der Waals surface area contributed by atoms with E-state index in [1.54, 1.807) is 6.92 Å². The van der Waals surface area contributed by atoms with Gasteiger partial charge in [-0.15, -0.1) is 0 Å². The quantitative estimate of drug-likeness (QED) is 0.652. The van der Waals surface area contributed by atoms with Crippen molar-refractivity contribution in [3.63, 3.8) is 0 Å². The van der Waals surface area contributed by atoms with Crippen molar-refractivity contribution in [2.45, 2.75) is 38.6 Å². The molecule has 6 heteroatoms. The summed E-state index contributed by atoms with van der Waals surface area (Å²) >= 11 is 0. The average molecular weight is 318 g/mol. The summed E-state index contributed by atoms with van der Waals surface area (Å²) in [5.41, 5.74) is 6.73. The van der Waals surface area contributed by atoms with Gasteiger partial charge in [0.2, 0.25) is 0 Å². The third kappa shape index (κ3) is 3.51. The lowest BCUT2D eigenvalue weighted by Gasteiger charge is -2.20. The first-order valence-corrected chi connectivity index (χ1v) is 7.52. The molecular formula is C17H19FN2O3. The van der Waals surface area contributed by atoms with Crippen LogP contribution in [0, 0.1) is 17.1 Å². The molecule has 0 aliphatic heterocycles. The SMILES string of the molecule is CCCCOC(=O)C(c1cc(F)cc2c(C#N)coc12)C(C)N. The van der Waals surface area contributed by atoms with Crippen molar-refractivity contribution in [1.29, 1.82) is 5.26 Å². The Kier molecular flexibility index (Phi) is 5.35. The van der Waals surface area contributed by atoms with Crippen molar-refractivity contribution >= 4 is 16.9 Å². The number of furan rings is 1. The van der Waals surface area contributed by atoms with E-state index in [-0.39, 0.29) is 11.1 Å². The molecule has 0 saturated carbocycles. The van der Waals surface area contributed by atoms with E-state index in [4.69, 9.17) is 20.1 Å². The molecule has 2 atom stereocenters. The molecule has 2 aromatic rings. The first kappa shape index (κ1) is 17.0. The van der Waals surface area contributed by atoms with Gasteiger partial charge in [-0.2, -0.15) is 5.26 Å². The van der Waals surface area contributed by atoms with Gasteiger partial charge in [0.15, 0.2) is 0 Å². The number of hydrogen-bond acceptors (Lipinski definition) is 5. The van der Waals surface area contributed by atoms with E-state index in [0.717, 1.165) is 12.8 Å². The van der Waals surface area contributed by atoms with E-state index < -0.39 is 23.7 Å². The molecule has 0 fully saturated rings. The number of carbonyl (C=O) groups is 1. The topological polar surface area (TPSA) is 89.2 Å². The van der Waals surface area contributed by atoms with Gasteiger partial charge in [-0.25, -0.2) is 4.39 Å². The molecule has 2 rings (SSSR count). The lowest BCUT2D eigenvalue weighted by molar-refractivity contribution is -0.146. The Hall–Kier alpha value is -2.39. The fourth-order valence-electron chi connectivity index (χ4n) is 2.48. The maximum absolute atomic E-state index is 13.9. The van der Waals surface area contributed by atoms with Crippen LogP contribution >= 0.6 is 0 Å². The molecule has 1 aromatic heterocycles. The monoisotopic (exact) mass is 318 g/mol. The summed E-state index contributed by atoms with van der Waals surface area (Å²) in [7, 11) is 0. The molecular weight excluding hydrogens is 299 g/mol. The zero-order valence-corrected chi connectivity index (χ0v) is 13.1. The third-order valence-corrected chi connectivity index (χ3v) is 3.64. The summed E-state index contributed by atoms with van der Waals surface area (Å²) in [6.45, 7) is 3.93. The molecule has 0 radical (unpaired) electrons. The van der Waals surface area contributed by atoms with Crippen LogP contribution in [0.3, 0.4) is 0 Å². The Morgan fingerprint density at radius 3 is 2.87 bits per heavy atom. The van der Waals surface area contributed by atoms with Crippen LogP contribution < -0.4 is 5.73 Å². The van der Waals surface area contributed by atoms with Gasteiger partial charge in [0.1, 0.15) is 29.7 Å². The molecule has 0 aliphatic carbocycles. The van der Waals surface area contributed by atoms with E-state index in [0.29, 0.717) is 17.6 Å². The molecule has 23 heavy (non-hydrogen) atoms. The van der Waals surface area contributed by atoms with Crippen molar-refractivity contribution in [2.24, 2.45) is 5.73 Å². The number of ether oxygens (including phenoxy) is 1. The zero-order valence-electron chi connectivity index (χ0n) is 13.1. The highest BCUT2D eigenvalue weighted by molar-refractivity contribution is 5.91. The molecule has 0 amide bonds. The van der Waals surface area contributed by atoms with Gasteiger partial charge in [-0.3, -0.25) is 4.79 Å². The van der Waals surface area contributed by atoms with Crippen LogP contribution in [0.25, 0.3) is 11.0 Å². The summed E-state index contributed by atoms with van der Waals surface area (Å²) in [5.74, 6) is -1.93. The Morgan fingerprint density at radius 1 is 1.52 bits per heavy atom. The largest absolute Gasteiger partial charge is 0.465 e. The summed E-state index contributed by atoms with van der Waals surface area (Å²) in [5, 5.41) is 9.39. The van der Waals surface area contributed by atoms with Gasteiger partial charge in [-0.1, -0.05) is 13.3 Å². The average Bonchev–Trinajstić information content (AvgIpc) is 2.90. The van der Waals surface area contributed by atoms with E-state index >= 15 is 0 Å². The predicted molar refractivity (Wildman–Crippen MR) is 83.1 cm³/mol. The minimum atomic E-state index is -0.859. The number of nitrogens with zero attached hydrogens (tertiary/aromatic N) is 1. The maximum atomic E-state index is 13.9. The van der Waals surface area contributed by atoms with E-state index in [1.165, 1.54) is 18.4 Å². The van der Waals surface area contributed by atoms with Crippen molar-refractivity contribution in [2.75, 3.05) is 6.61 Å². The van der Waals surface area contributed by atoms with Crippen molar-refractivity contribution in [1.82, 2.24) is 0 Å². The fourth-order valence-corrected chi connectivity index (χ4v) is 2.48. The first-order chi connectivity index (χ1) is 11.0. The number of halogens is 1. The van der Waals surface area contributed by atoms with Gasteiger partial charge >= 0.3 is 5.97 Å². The lowest BCUT2D eigenvalue weighted by atomic mass is 9.91. The van der Waals surface area contributed by atoms with Crippen LogP contribution in [0.2, 0.25) is 0 Å². The minimum Gasteiger partial charge on any atom is -0.465 e. The molecule has 2 N–H and O–H groups in total. The summed E-state index contributed by atoms with van der Waals surface area (Å²) in [4.78, 5) is 12.4. The Bertz CT molecular complexity index is 746. The van der Waals surface area contributed by atoms with E-state index in [2.05, 4.69) is 0 Å². The highest BCUT2D eigenvalue weighted by Crippen LogP contribution is 2.32. The highest BCUT2D eigenvalue weighted by Gasteiger charge is 2.30. The molecule has 5 nitrogen and oxygen atoms in total. The van der Waals surface area contributed by atoms with Gasteiger partial charge < -0.3 is 14.9 Å². The standard InChI is InChI=1S/C17H19FN2O3/c1-3-4-5-22-17(21)15(10(2)20)14-7-12(18)6-13-11(8-19)9-23-16(13)14/h6-7,9-10,15H,3-5,20H2,1-2H3. The van der Waals surface area contributed by atoms with Gasteiger partial charge in [0.05, 0.1) is 12.2 Å². The van der Waals surface area contributed by atoms with Crippen LogP contribution in [0.1, 0.15) is 43.7 Å². The molecule has 1 aromatic carbocycles. The number of rotatable bonds is 6. The lowest BCUT2D eigenvalue weighted by Crippen LogP contribution is -2.32. The smallest absolute Gasteiger partial charge is 0.315 e. The van der Waals surface area contributed by atoms with Crippen LogP contribution in [0.4, 0.5) is 4.39 Å². The van der Waals surface area contributed by atoms with Crippen molar-refractivity contribution in [3.8, 4) is 6.07 Å². The summed E-state index contributed by atoms with van der Waals surface area (Å²) in [6, 6.07) is 3.76. The normalized spacial score (nSPS) is 13.5. The Morgan fingerprint density at radius 2 is 2.26 bits per heavy atom. The number of unbranched alkanes of at least 4 members (excludes halogenated alkanes) is 1. The van der Waals surface area contributed by atoms with Crippen molar-refractivity contribution < 1.29 is 18.3 Å². The maximum Gasteiger partial charge on any atom is 0.315 e. The van der Waals surface area contributed by atoms with Crippen LogP contribution in [-0.2, 0) is 9.53 Å². The highest BCUT2D eigenvalue weighted by atomic mass is 19.1. The van der Waals surface area contributed by atoms with E-state index in [9.17, 15) is 9.18 Å². The predicted octanol–water partition coefficient (Wildman–Crippen LogP) is 3.22. The van der Waals surface area contributed by atoms with E-state index in [1.807, 2.05) is 13.0 Å². The molecule has 0 saturated heterocycles. The zero-order chi connectivity index (χ0) is 17.0. The number of esters is 1. The molecule has 122 valence electrons. The second kappa shape index (κ2) is 7.25. The Labute approximate surface area is 133 Å². The summed E-state index contributed by atoms with van der Waals surface area (Å²) in [6.07, 6.45) is 2.88. The number of nitriles is 1. The minimum absolute atomic E-state index is 0.212. The molecule has 2 unspecified atom stereocenters. The molecule has 0 spiro atoms. The first-order valence-electron chi connectivity index (χ1n) is 7.52. The molecule has 0 bridgehead atoms. The van der Waals surface area contributed by atoms with Gasteiger partial charge in [0.25, 0.3) is 0 Å². The third-order valence-electron chi connectivity index (χ3n) is 3.64. The van der Waals surface area contributed by atoms with Gasteiger partial charge in [0, 0.05) is 17.0 Å². The van der Waals surface area contributed by atoms with Crippen LogP contribution in [0.5, 0.6) is 0 Å². The number of hydrogen-bond donors (Lipinski definition) is 1. The number of benzene rings is 1. The molecule has 1 heterocycles. The van der Waals surface area contributed by atoms with Crippen LogP contribution in [0.15, 0.2) is 22.8 Å².